The molecule has 6 heteroatoms. The first-order valence-electron chi connectivity index (χ1n) is 9.56. The van der Waals surface area contributed by atoms with E-state index in [4.69, 9.17) is 9.47 Å². The third kappa shape index (κ3) is 6.38. The summed E-state index contributed by atoms with van der Waals surface area (Å²) in [6.45, 7) is 0.475. The van der Waals surface area contributed by atoms with E-state index in [1.165, 1.54) is 0 Å². The maximum absolute atomic E-state index is 11.9. The first-order chi connectivity index (χ1) is 14.6. The molecule has 0 saturated heterocycles. The van der Waals surface area contributed by atoms with Gasteiger partial charge in [-0.15, -0.1) is 0 Å². The lowest BCUT2D eigenvalue weighted by Gasteiger charge is -2.15. The second-order valence-corrected chi connectivity index (χ2v) is 6.68. The van der Waals surface area contributed by atoms with Crippen LogP contribution in [-0.2, 0) is 22.7 Å². The average molecular weight is 405 g/mol. The van der Waals surface area contributed by atoms with Crippen molar-refractivity contribution in [2.75, 3.05) is 6.54 Å². The van der Waals surface area contributed by atoms with Crippen LogP contribution < -0.4 is 10.1 Å². The summed E-state index contributed by atoms with van der Waals surface area (Å²) in [4.78, 5) is 23.6. The number of aliphatic carboxylic acids is 1. The summed E-state index contributed by atoms with van der Waals surface area (Å²) in [5, 5.41) is 12.1. The van der Waals surface area contributed by atoms with E-state index >= 15 is 0 Å². The maximum Gasteiger partial charge on any atom is 0.407 e. The highest BCUT2D eigenvalue weighted by Crippen LogP contribution is 2.20. The Morgan fingerprint density at radius 1 is 0.800 bits per heavy atom. The van der Waals surface area contributed by atoms with Crippen LogP contribution in [0.4, 0.5) is 4.79 Å². The molecule has 0 aliphatic heterocycles. The van der Waals surface area contributed by atoms with E-state index in [9.17, 15) is 14.7 Å². The van der Waals surface area contributed by atoms with E-state index in [0.717, 1.165) is 11.1 Å². The molecule has 0 bridgehead atoms. The largest absolute Gasteiger partial charge is 0.489 e. The second kappa shape index (κ2) is 10.7. The number of benzene rings is 3. The zero-order chi connectivity index (χ0) is 21.2. The number of carbonyl (C=O) groups excluding carboxylic acids is 1. The Morgan fingerprint density at radius 3 is 1.93 bits per heavy atom. The van der Waals surface area contributed by atoms with E-state index in [2.05, 4.69) is 5.32 Å². The van der Waals surface area contributed by atoms with Gasteiger partial charge in [-0.1, -0.05) is 72.8 Å². The van der Waals surface area contributed by atoms with Crippen LogP contribution in [0.15, 0.2) is 84.9 Å². The third-order valence-corrected chi connectivity index (χ3v) is 4.49. The lowest BCUT2D eigenvalue weighted by atomic mass is 9.99. The van der Waals surface area contributed by atoms with Crippen LogP contribution in [0.5, 0.6) is 5.75 Å². The zero-order valence-corrected chi connectivity index (χ0v) is 16.4. The molecule has 0 radical (unpaired) electrons. The van der Waals surface area contributed by atoms with Crippen molar-refractivity contribution in [2.45, 2.75) is 19.1 Å². The number of carboxylic acids is 1. The number of hydrogen-bond acceptors (Lipinski definition) is 4. The first kappa shape index (κ1) is 20.9. The van der Waals surface area contributed by atoms with Crippen LogP contribution >= 0.6 is 0 Å². The van der Waals surface area contributed by atoms with Gasteiger partial charge in [0.15, 0.2) is 0 Å². The Labute approximate surface area is 175 Å². The van der Waals surface area contributed by atoms with Crippen molar-refractivity contribution < 1.29 is 24.2 Å². The molecule has 1 atom stereocenters. The third-order valence-electron chi connectivity index (χ3n) is 4.49. The molecule has 0 saturated carbocycles. The summed E-state index contributed by atoms with van der Waals surface area (Å²) >= 11 is 0. The highest BCUT2D eigenvalue weighted by atomic mass is 16.5. The van der Waals surface area contributed by atoms with E-state index in [0.29, 0.717) is 17.9 Å². The fourth-order valence-corrected chi connectivity index (χ4v) is 2.84. The van der Waals surface area contributed by atoms with Gasteiger partial charge in [-0.2, -0.15) is 0 Å². The van der Waals surface area contributed by atoms with Gasteiger partial charge in [0, 0.05) is 6.54 Å². The molecule has 2 N–H and O–H groups in total. The van der Waals surface area contributed by atoms with Gasteiger partial charge in [0.2, 0.25) is 0 Å². The summed E-state index contributed by atoms with van der Waals surface area (Å²) in [7, 11) is 0. The van der Waals surface area contributed by atoms with Crippen molar-refractivity contribution in [1.82, 2.24) is 5.32 Å². The number of ether oxygens (including phenoxy) is 2. The van der Waals surface area contributed by atoms with Crippen LogP contribution in [0.1, 0.15) is 22.6 Å². The van der Waals surface area contributed by atoms with Gasteiger partial charge in [0.25, 0.3) is 0 Å². The van der Waals surface area contributed by atoms with Gasteiger partial charge >= 0.3 is 12.1 Å². The molecule has 0 fully saturated rings. The van der Waals surface area contributed by atoms with Crippen LogP contribution in [0.25, 0.3) is 0 Å². The molecule has 0 heterocycles. The minimum atomic E-state index is -1.03. The predicted octanol–water partition coefficient (Wildman–Crippen LogP) is 4.36. The van der Waals surface area contributed by atoms with Gasteiger partial charge in [0.1, 0.15) is 19.0 Å². The molecule has 0 aliphatic carbocycles. The molecule has 1 amide bonds. The molecule has 0 unspecified atom stereocenters. The van der Waals surface area contributed by atoms with Crippen molar-refractivity contribution in [3.05, 3.63) is 102 Å². The number of hydrogen-bond donors (Lipinski definition) is 2. The SMILES string of the molecule is O=C(NC[C@H](C(=O)O)c1ccc(OCc2ccccc2)cc1)OCc1ccccc1. The van der Waals surface area contributed by atoms with Gasteiger partial charge in [-0.25, -0.2) is 4.79 Å². The molecule has 3 rings (SSSR count). The van der Waals surface area contributed by atoms with E-state index in [1.54, 1.807) is 24.3 Å². The Bertz CT molecular complexity index is 942. The summed E-state index contributed by atoms with van der Waals surface area (Å²) in [6, 6.07) is 25.9. The summed E-state index contributed by atoms with van der Waals surface area (Å²) in [5.74, 6) is -1.28. The number of carboxylic acid groups (broad SMARTS) is 1. The summed E-state index contributed by atoms with van der Waals surface area (Å²) in [5.41, 5.74) is 2.47. The Morgan fingerprint density at radius 2 is 1.37 bits per heavy atom. The average Bonchev–Trinajstić information content (AvgIpc) is 2.78. The van der Waals surface area contributed by atoms with Crippen molar-refractivity contribution in [1.29, 1.82) is 0 Å². The zero-order valence-electron chi connectivity index (χ0n) is 16.4. The van der Waals surface area contributed by atoms with Gasteiger partial charge in [0.05, 0.1) is 5.92 Å². The lowest BCUT2D eigenvalue weighted by Crippen LogP contribution is -2.32. The molecule has 6 nitrogen and oxygen atoms in total. The standard InChI is InChI=1S/C24H23NO5/c26-23(27)22(15-25-24(28)30-17-19-9-5-2-6-10-19)20-11-13-21(14-12-20)29-16-18-7-3-1-4-8-18/h1-14,22H,15-17H2,(H,25,28)(H,26,27)/t22-/m0/s1. The van der Waals surface area contributed by atoms with Crippen LogP contribution in [0, 0.1) is 0 Å². The molecule has 3 aromatic rings. The summed E-state index contributed by atoms with van der Waals surface area (Å²) in [6.07, 6.45) is -0.659. The highest BCUT2D eigenvalue weighted by Gasteiger charge is 2.21. The van der Waals surface area contributed by atoms with Crippen molar-refractivity contribution in [3.8, 4) is 5.75 Å². The van der Waals surface area contributed by atoms with Gasteiger partial charge in [-0.05, 0) is 28.8 Å². The normalized spacial score (nSPS) is 11.3. The molecule has 0 aromatic heterocycles. The van der Waals surface area contributed by atoms with E-state index in [-0.39, 0.29) is 13.2 Å². The quantitative estimate of drug-likeness (QED) is 0.553. The second-order valence-electron chi connectivity index (χ2n) is 6.68. The Balaban J connectivity index is 1.51. The Kier molecular flexibility index (Phi) is 7.44. The van der Waals surface area contributed by atoms with Gasteiger partial charge in [-0.3, -0.25) is 4.79 Å². The number of nitrogens with one attached hydrogen (secondary N) is 1. The molecular weight excluding hydrogens is 382 g/mol. The number of alkyl carbamates (subject to hydrolysis) is 1. The topological polar surface area (TPSA) is 84.9 Å². The molecule has 30 heavy (non-hydrogen) atoms. The van der Waals surface area contributed by atoms with Crippen molar-refractivity contribution >= 4 is 12.1 Å². The predicted molar refractivity (Wildman–Crippen MR) is 112 cm³/mol. The fraction of sp³-hybridized carbons (Fsp3) is 0.167. The van der Waals surface area contributed by atoms with Crippen LogP contribution in [-0.4, -0.2) is 23.7 Å². The fourth-order valence-electron chi connectivity index (χ4n) is 2.84. The molecule has 0 aliphatic rings. The van der Waals surface area contributed by atoms with Crippen LogP contribution in [0.3, 0.4) is 0 Å². The number of rotatable bonds is 9. The maximum atomic E-state index is 11.9. The monoisotopic (exact) mass is 405 g/mol. The van der Waals surface area contributed by atoms with Crippen molar-refractivity contribution in [3.63, 3.8) is 0 Å². The first-order valence-corrected chi connectivity index (χ1v) is 9.56. The van der Waals surface area contributed by atoms with E-state index in [1.807, 2.05) is 60.7 Å². The number of carbonyl (C=O) groups is 2. The lowest BCUT2D eigenvalue weighted by molar-refractivity contribution is -0.138. The molecule has 154 valence electrons. The van der Waals surface area contributed by atoms with Crippen molar-refractivity contribution in [2.24, 2.45) is 0 Å². The molecule has 0 spiro atoms. The molecular formula is C24H23NO5. The smallest absolute Gasteiger partial charge is 0.407 e. The Hall–Kier alpha value is -3.80. The van der Waals surface area contributed by atoms with Gasteiger partial charge < -0.3 is 19.9 Å². The number of amides is 1. The highest BCUT2D eigenvalue weighted by molar-refractivity contribution is 5.77. The minimum absolute atomic E-state index is 0.0762. The van der Waals surface area contributed by atoms with Crippen LogP contribution in [0.2, 0.25) is 0 Å². The minimum Gasteiger partial charge on any atom is -0.489 e. The van der Waals surface area contributed by atoms with E-state index < -0.39 is 18.0 Å². The summed E-state index contributed by atoms with van der Waals surface area (Å²) < 4.78 is 10.8. The molecule has 3 aromatic carbocycles.